The first kappa shape index (κ1) is 20.3. The van der Waals surface area contributed by atoms with Gasteiger partial charge in [-0.05, 0) is 43.2 Å². The highest BCUT2D eigenvalue weighted by Gasteiger charge is 2.29. The number of halogens is 1. The number of carboxylic acids is 1. The molecule has 2 rings (SSSR count). The molecule has 7 heteroatoms. The molecule has 0 aliphatic heterocycles. The second-order valence-corrected chi connectivity index (χ2v) is 9.11. The molecule has 0 unspecified atom stereocenters. The maximum Gasteiger partial charge on any atom is 0.313 e. The first-order chi connectivity index (χ1) is 12.1. The maximum atomic E-state index is 12.3. The number of anilines is 1. The summed E-state index contributed by atoms with van der Waals surface area (Å²) in [4.78, 5) is 11.5. The van der Waals surface area contributed by atoms with Gasteiger partial charge in [0.15, 0.2) is 9.84 Å². The van der Waals surface area contributed by atoms with E-state index in [-0.39, 0.29) is 22.2 Å². The van der Waals surface area contributed by atoms with Crippen molar-refractivity contribution in [3.8, 4) is 0 Å². The lowest BCUT2D eigenvalue weighted by Gasteiger charge is -2.20. The van der Waals surface area contributed by atoms with Crippen LogP contribution in [0, 0.1) is 0 Å². The van der Waals surface area contributed by atoms with E-state index in [0.29, 0.717) is 11.1 Å². The molecule has 0 amide bonds. The molecule has 0 radical (unpaired) electrons. The second-order valence-electron chi connectivity index (χ2n) is 6.49. The van der Waals surface area contributed by atoms with Gasteiger partial charge in [-0.3, -0.25) is 4.79 Å². The van der Waals surface area contributed by atoms with Crippen molar-refractivity contribution in [1.29, 1.82) is 0 Å². The third-order valence-electron chi connectivity index (χ3n) is 4.36. The molecule has 0 spiro atoms. The number of sulfone groups is 1. The molecule has 26 heavy (non-hydrogen) atoms. The van der Waals surface area contributed by atoms with Crippen molar-refractivity contribution in [2.45, 2.75) is 37.6 Å². The van der Waals surface area contributed by atoms with Crippen LogP contribution in [0.1, 0.15) is 31.9 Å². The topological polar surface area (TPSA) is 83.5 Å². The third kappa shape index (κ3) is 4.19. The molecule has 2 aromatic rings. The number of aliphatic carboxylic acids is 1. The molecule has 0 saturated carbocycles. The van der Waals surface area contributed by atoms with Gasteiger partial charge in [0.05, 0.1) is 21.1 Å². The zero-order valence-corrected chi connectivity index (χ0v) is 16.5. The Morgan fingerprint density at radius 1 is 1.15 bits per heavy atom. The zero-order chi connectivity index (χ0) is 19.5. The number of hydrogen-bond acceptors (Lipinski definition) is 4. The Kier molecular flexibility index (Phi) is 5.98. The van der Waals surface area contributed by atoms with E-state index in [2.05, 4.69) is 5.32 Å². The quantitative estimate of drug-likeness (QED) is 0.737. The van der Waals surface area contributed by atoms with Crippen LogP contribution in [0.15, 0.2) is 47.4 Å². The van der Waals surface area contributed by atoms with Crippen LogP contribution in [0.25, 0.3) is 0 Å². The van der Waals surface area contributed by atoms with Gasteiger partial charge in [-0.2, -0.15) is 0 Å². The monoisotopic (exact) mass is 395 g/mol. The fourth-order valence-corrected chi connectivity index (χ4v) is 4.25. The van der Waals surface area contributed by atoms with Crippen LogP contribution < -0.4 is 5.32 Å². The average molecular weight is 396 g/mol. The fraction of sp³-hybridized carbons (Fsp3) is 0.316. The summed E-state index contributed by atoms with van der Waals surface area (Å²) in [6, 6.07) is 12.1. The number of rotatable bonds is 7. The smallest absolute Gasteiger partial charge is 0.313 e. The molecule has 2 aromatic carbocycles. The summed E-state index contributed by atoms with van der Waals surface area (Å²) in [5, 5.41) is 12.7. The van der Waals surface area contributed by atoms with Crippen LogP contribution in [0.5, 0.6) is 0 Å². The van der Waals surface area contributed by atoms with Gasteiger partial charge in [-0.1, -0.05) is 42.8 Å². The van der Waals surface area contributed by atoms with Crippen molar-refractivity contribution < 1.29 is 18.3 Å². The predicted octanol–water partition coefficient (Wildman–Crippen LogP) is 4.11. The van der Waals surface area contributed by atoms with Gasteiger partial charge in [-0.25, -0.2) is 8.42 Å². The van der Waals surface area contributed by atoms with Crippen molar-refractivity contribution in [2.24, 2.45) is 0 Å². The van der Waals surface area contributed by atoms with Gasteiger partial charge in [0.2, 0.25) is 0 Å². The Hall–Kier alpha value is -2.05. The molecule has 0 aliphatic rings. The summed E-state index contributed by atoms with van der Waals surface area (Å²) in [6.45, 7) is 5.16. The Bertz CT molecular complexity index is 906. The van der Waals surface area contributed by atoms with Gasteiger partial charge in [-0.15, -0.1) is 0 Å². The first-order valence-electron chi connectivity index (χ1n) is 8.17. The summed E-state index contributed by atoms with van der Waals surface area (Å²) in [7, 11) is -3.44. The van der Waals surface area contributed by atoms with Crippen molar-refractivity contribution >= 4 is 33.1 Å². The van der Waals surface area contributed by atoms with E-state index in [9.17, 15) is 18.3 Å². The SMILES string of the molecule is CCS(=O)(=O)c1c(Cl)cccc1CNc1ccc(C(C)(C)C(=O)O)cc1. The molecular formula is C19H22ClNO4S. The van der Waals surface area contributed by atoms with Crippen LogP contribution in [-0.2, 0) is 26.6 Å². The van der Waals surface area contributed by atoms with E-state index < -0.39 is 21.2 Å². The Morgan fingerprint density at radius 2 is 1.77 bits per heavy atom. The normalized spacial score (nSPS) is 12.0. The highest BCUT2D eigenvalue weighted by molar-refractivity contribution is 7.91. The molecular weight excluding hydrogens is 374 g/mol. The minimum Gasteiger partial charge on any atom is -0.481 e. The van der Waals surface area contributed by atoms with Gasteiger partial charge in [0, 0.05) is 12.2 Å². The highest BCUT2D eigenvalue weighted by atomic mass is 35.5. The number of benzene rings is 2. The minimum atomic E-state index is -3.44. The van der Waals surface area contributed by atoms with Gasteiger partial charge in [0.1, 0.15) is 0 Å². The van der Waals surface area contributed by atoms with E-state index in [0.717, 1.165) is 5.69 Å². The molecule has 0 heterocycles. The number of carboxylic acid groups (broad SMARTS) is 1. The molecule has 0 atom stereocenters. The van der Waals surface area contributed by atoms with E-state index in [1.54, 1.807) is 63.2 Å². The lowest BCUT2D eigenvalue weighted by atomic mass is 9.85. The lowest BCUT2D eigenvalue weighted by molar-refractivity contribution is -0.142. The Morgan fingerprint density at radius 3 is 2.31 bits per heavy atom. The zero-order valence-electron chi connectivity index (χ0n) is 14.9. The van der Waals surface area contributed by atoms with Crippen molar-refractivity contribution in [2.75, 3.05) is 11.1 Å². The van der Waals surface area contributed by atoms with Gasteiger partial charge in [0.25, 0.3) is 0 Å². The molecule has 0 saturated heterocycles. The number of nitrogens with one attached hydrogen (secondary N) is 1. The fourth-order valence-electron chi connectivity index (χ4n) is 2.51. The van der Waals surface area contributed by atoms with E-state index in [1.165, 1.54) is 0 Å². The molecule has 0 fully saturated rings. The lowest BCUT2D eigenvalue weighted by Crippen LogP contribution is -2.28. The number of hydrogen-bond donors (Lipinski definition) is 2. The van der Waals surface area contributed by atoms with E-state index in [1.807, 2.05) is 0 Å². The third-order valence-corrected chi connectivity index (χ3v) is 6.66. The van der Waals surface area contributed by atoms with Crippen LogP contribution in [-0.4, -0.2) is 25.2 Å². The minimum absolute atomic E-state index is 0.0251. The van der Waals surface area contributed by atoms with Crippen LogP contribution in [0.2, 0.25) is 5.02 Å². The van der Waals surface area contributed by atoms with Crippen LogP contribution in [0.3, 0.4) is 0 Å². The van der Waals surface area contributed by atoms with Crippen molar-refractivity contribution in [3.05, 3.63) is 58.6 Å². The van der Waals surface area contributed by atoms with Crippen molar-refractivity contribution in [1.82, 2.24) is 0 Å². The molecule has 0 aliphatic carbocycles. The summed E-state index contributed by atoms with van der Waals surface area (Å²) >= 11 is 6.11. The molecule has 0 aromatic heterocycles. The summed E-state index contributed by atoms with van der Waals surface area (Å²) in [6.07, 6.45) is 0. The number of carbonyl (C=O) groups is 1. The standard InChI is InChI=1S/C19H22ClNO4S/c1-4-26(24,25)17-13(6-5-7-16(17)20)12-21-15-10-8-14(9-11-15)19(2,3)18(22)23/h5-11,21H,4,12H2,1-3H3,(H,22,23). The first-order valence-corrected chi connectivity index (χ1v) is 10.2. The summed E-state index contributed by atoms with van der Waals surface area (Å²) in [5.74, 6) is -0.922. The van der Waals surface area contributed by atoms with Crippen LogP contribution >= 0.6 is 11.6 Å². The molecule has 2 N–H and O–H groups in total. The van der Waals surface area contributed by atoms with E-state index in [4.69, 9.17) is 11.6 Å². The predicted molar refractivity (Wildman–Crippen MR) is 104 cm³/mol. The largest absolute Gasteiger partial charge is 0.481 e. The average Bonchev–Trinajstić information content (AvgIpc) is 2.60. The Labute approximate surface area is 158 Å². The van der Waals surface area contributed by atoms with Gasteiger partial charge >= 0.3 is 5.97 Å². The molecule has 0 bridgehead atoms. The molecule has 5 nitrogen and oxygen atoms in total. The highest BCUT2D eigenvalue weighted by Crippen LogP contribution is 2.28. The van der Waals surface area contributed by atoms with Crippen molar-refractivity contribution in [3.63, 3.8) is 0 Å². The Balaban J connectivity index is 2.23. The van der Waals surface area contributed by atoms with Crippen LogP contribution in [0.4, 0.5) is 5.69 Å². The second kappa shape index (κ2) is 7.68. The van der Waals surface area contributed by atoms with Gasteiger partial charge < -0.3 is 10.4 Å². The summed E-state index contributed by atoms with van der Waals surface area (Å²) < 4.78 is 24.6. The van der Waals surface area contributed by atoms with E-state index >= 15 is 0 Å². The summed E-state index contributed by atoms with van der Waals surface area (Å²) in [5.41, 5.74) is 1.06. The molecule has 140 valence electrons. The maximum absolute atomic E-state index is 12.3.